The molecule has 140 valence electrons. The van der Waals surface area contributed by atoms with Gasteiger partial charge in [-0.2, -0.15) is 5.10 Å². The summed E-state index contributed by atoms with van der Waals surface area (Å²) in [6, 6.07) is 10.4. The van der Waals surface area contributed by atoms with E-state index in [2.05, 4.69) is 56.2 Å². The first kappa shape index (κ1) is 17.7. The Labute approximate surface area is 160 Å². The highest BCUT2D eigenvalue weighted by atomic mass is 15.3. The predicted octanol–water partition coefficient (Wildman–Crippen LogP) is 3.06. The molecule has 0 amide bonds. The molecule has 6 nitrogen and oxygen atoms in total. The molecule has 2 aromatic heterocycles. The number of hydrogen-bond donors (Lipinski definition) is 1. The summed E-state index contributed by atoms with van der Waals surface area (Å²) < 4.78 is 0. The van der Waals surface area contributed by atoms with Crippen LogP contribution in [0.1, 0.15) is 23.9 Å². The van der Waals surface area contributed by atoms with Crippen molar-refractivity contribution in [2.75, 3.05) is 31.1 Å². The van der Waals surface area contributed by atoms with E-state index in [0.717, 1.165) is 56.5 Å². The van der Waals surface area contributed by atoms with Gasteiger partial charge in [-0.05, 0) is 18.9 Å². The van der Waals surface area contributed by atoms with Crippen LogP contribution in [0.15, 0.2) is 42.7 Å². The Morgan fingerprint density at radius 2 is 1.78 bits per heavy atom. The Kier molecular flexibility index (Phi) is 5.16. The molecule has 0 aliphatic carbocycles. The second kappa shape index (κ2) is 7.88. The lowest BCUT2D eigenvalue weighted by atomic mass is 10.1. The third kappa shape index (κ3) is 3.85. The van der Waals surface area contributed by atoms with Gasteiger partial charge in [0.15, 0.2) is 0 Å². The quantitative estimate of drug-likeness (QED) is 0.756. The largest absolute Gasteiger partial charge is 0.354 e. The van der Waals surface area contributed by atoms with Crippen molar-refractivity contribution in [3.05, 3.63) is 59.7 Å². The molecule has 3 aromatic rings. The van der Waals surface area contributed by atoms with Crippen LogP contribution in [-0.2, 0) is 13.0 Å². The molecule has 0 spiro atoms. The lowest BCUT2D eigenvalue weighted by molar-refractivity contribution is 0.249. The summed E-state index contributed by atoms with van der Waals surface area (Å²) in [6.07, 6.45) is 4.89. The van der Waals surface area contributed by atoms with Crippen LogP contribution in [0.4, 0.5) is 5.82 Å². The average Bonchev–Trinajstić information content (AvgIpc) is 3.17. The number of H-pyrrole nitrogens is 1. The second-order valence-electron chi connectivity index (χ2n) is 7.02. The molecule has 1 fully saturated rings. The summed E-state index contributed by atoms with van der Waals surface area (Å²) in [4.78, 5) is 13.9. The van der Waals surface area contributed by atoms with E-state index in [1.54, 1.807) is 0 Å². The fourth-order valence-corrected chi connectivity index (χ4v) is 3.65. The molecule has 1 aliphatic heterocycles. The number of piperazine rings is 1. The first-order chi connectivity index (χ1) is 13.2. The van der Waals surface area contributed by atoms with Gasteiger partial charge >= 0.3 is 0 Å². The number of aryl methyl sites for hydroxylation is 2. The predicted molar refractivity (Wildman–Crippen MR) is 108 cm³/mol. The molecule has 0 unspecified atom stereocenters. The molecule has 6 heteroatoms. The van der Waals surface area contributed by atoms with Crippen LogP contribution >= 0.6 is 0 Å². The Bertz CT molecular complexity index is 881. The van der Waals surface area contributed by atoms with Crippen molar-refractivity contribution >= 4 is 5.82 Å². The van der Waals surface area contributed by atoms with E-state index in [-0.39, 0.29) is 0 Å². The Morgan fingerprint density at radius 3 is 2.52 bits per heavy atom. The maximum absolute atomic E-state index is 4.70. The maximum atomic E-state index is 4.70. The van der Waals surface area contributed by atoms with Gasteiger partial charge in [-0.15, -0.1) is 0 Å². The number of rotatable bonds is 5. The average molecular weight is 362 g/mol. The third-order valence-electron chi connectivity index (χ3n) is 5.19. The molecule has 0 atom stereocenters. The van der Waals surface area contributed by atoms with Gasteiger partial charge in [0.2, 0.25) is 0 Å². The van der Waals surface area contributed by atoms with E-state index >= 15 is 0 Å². The van der Waals surface area contributed by atoms with Crippen LogP contribution in [0, 0.1) is 6.92 Å². The fourth-order valence-electron chi connectivity index (χ4n) is 3.65. The SMILES string of the molecule is CCc1cnc(C)nc1N1CCN(Cc2cn[nH]c2-c2ccccc2)CC1. The summed E-state index contributed by atoms with van der Waals surface area (Å²) in [5.74, 6) is 1.95. The van der Waals surface area contributed by atoms with Crippen molar-refractivity contribution < 1.29 is 0 Å². The summed E-state index contributed by atoms with van der Waals surface area (Å²) >= 11 is 0. The molecule has 1 aliphatic rings. The standard InChI is InChI=1S/C21H26N6/c1-3-17-13-22-16(2)24-21(17)27-11-9-26(10-12-27)15-19-14-23-25-20(19)18-7-5-4-6-8-18/h4-8,13-14H,3,9-12,15H2,1-2H3,(H,23,25). The highest BCUT2D eigenvalue weighted by molar-refractivity contribution is 5.62. The van der Waals surface area contributed by atoms with Crippen molar-refractivity contribution in [3.63, 3.8) is 0 Å². The third-order valence-corrected chi connectivity index (χ3v) is 5.19. The molecule has 0 saturated carbocycles. The molecular weight excluding hydrogens is 336 g/mol. The van der Waals surface area contributed by atoms with Gasteiger partial charge in [0.25, 0.3) is 0 Å². The van der Waals surface area contributed by atoms with E-state index in [0.29, 0.717) is 0 Å². The summed E-state index contributed by atoms with van der Waals surface area (Å²) in [5, 5.41) is 7.44. The van der Waals surface area contributed by atoms with Gasteiger partial charge in [-0.1, -0.05) is 37.3 Å². The Hall–Kier alpha value is -2.73. The Morgan fingerprint density at radius 1 is 1.00 bits per heavy atom. The molecule has 1 saturated heterocycles. The van der Waals surface area contributed by atoms with E-state index in [4.69, 9.17) is 4.98 Å². The van der Waals surface area contributed by atoms with Crippen LogP contribution in [0.25, 0.3) is 11.3 Å². The lowest BCUT2D eigenvalue weighted by Gasteiger charge is -2.36. The van der Waals surface area contributed by atoms with Crippen LogP contribution in [-0.4, -0.2) is 51.2 Å². The van der Waals surface area contributed by atoms with Gasteiger partial charge in [-0.25, -0.2) is 9.97 Å². The van der Waals surface area contributed by atoms with Gasteiger partial charge in [0.05, 0.1) is 11.9 Å². The zero-order valence-electron chi connectivity index (χ0n) is 16.0. The minimum absolute atomic E-state index is 0.843. The van der Waals surface area contributed by atoms with Gasteiger partial charge < -0.3 is 4.90 Å². The molecule has 4 rings (SSSR count). The topological polar surface area (TPSA) is 60.9 Å². The molecule has 1 aromatic carbocycles. The first-order valence-electron chi connectivity index (χ1n) is 9.62. The van der Waals surface area contributed by atoms with Crippen LogP contribution in [0.2, 0.25) is 0 Å². The van der Waals surface area contributed by atoms with Crippen LogP contribution < -0.4 is 4.90 Å². The monoisotopic (exact) mass is 362 g/mol. The van der Waals surface area contributed by atoms with Crippen LogP contribution in [0.3, 0.4) is 0 Å². The number of nitrogens with one attached hydrogen (secondary N) is 1. The highest BCUT2D eigenvalue weighted by Gasteiger charge is 2.21. The number of hydrogen-bond acceptors (Lipinski definition) is 5. The Balaban J connectivity index is 1.43. The van der Waals surface area contributed by atoms with E-state index in [1.165, 1.54) is 16.7 Å². The van der Waals surface area contributed by atoms with E-state index in [1.807, 2.05) is 25.4 Å². The van der Waals surface area contributed by atoms with Gasteiger partial charge in [-0.3, -0.25) is 10.00 Å². The molecule has 0 radical (unpaired) electrons. The van der Waals surface area contributed by atoms with Crippen molar-refractivity contribution in [1.29, 1.82) is 0 Å². The molecular formula is C21H26N6. The van der Waals surface area contributed by atoms with Gasteiger partial charge in [0.1, 0.15) is 11.6 Å². The summed E-state index contributed by atoms with van der Waals surface area (Å²) in [6.45, 7) is 9.06. The molecule has 3 heterocycles. The number of nitrogens with zero attached hydrogens (tertiary/aromatic N) is 5. The summed E-state index contributed by atoms with van der Waals surface area (Å²) in [5.41, 5.74) is 4.79. The van der Waals surface area contributed by atoms with Crippen molar-refractivity contribution in [1.82, 2.24) is 25.1 Å². The van der Waals surface area contributed by atoms with E-state index in [9.17, 15) is 0 Å². The molecule has 1 N–H and O–H groups in total. The number of benzene rings is 1. The van der Waals surface area contributed by atoms with Crippen molar-refractivity contribution in [3.8, 4) is 11.3 Å². The van der Waals surface area contributed by atoms with E-state index < -0.39 is 0 Å². The highest BCUT2D eigenvalue weighted by Crippen LogP contribution is 2.24. The minimum Gasteiger partial charge on any atom is -0.354 e. The first-order valence-corrected chi connectivity index (χ1v) is 9.62. The van der Waals surface area contributed by atoms with Gasteiger partial charge in [0, 0.05) is 50.0 Å². The molecule has 0 bridgehead atoms. The number of anilines is 1. The smallest absolute Gasteiger partial charge is 0.135 e. The zero-order valence-corrected chi connectivity index (χ0v) is 16.0. The summed E-state index contributed by atoms with van der Waals surface area (Å²) in [7, 11) is 0. The normalized spacial score (nSPS) is 15.3. The van der Waals surface area contributed by atoms with Crippen LogP contribution in [0.5, 0.6) is 0 Å². The van der Waals surface area contributed by atoms with Crippen molar-refractivity contribution in [2.45, 2.75) is 26.8 Å². The minimum atomic E-state index is 0.843. The second-order valence-corrected chi connectivity index (χ2v) is 7.02. The fraction of sp³-hybridized carbons (Fsp3) is 0.381. The lowest BCUT2D eigenvalue weighted by Crippen LogP contribution is -2.46. The molecule has 27 heavy (non-hydrogen) atoms. The zero-order chi connectivity index (χ0) is 18.6. The van der Waals surface area contributed by atoms with Crippen molar-refractivity contribution in [2.24, 2.45) is 0 Å². The number of aromatic nitrogens is 4. The number of aromatic amines is 1. The maximum Gasteiger partial charge on any atom is 0.135 e.